The van der Waals surface area contributed by atoms with Crippen LogP contribution in [0.2, 0.25) is 0 Å². The number of nitrogens with one attached hydrogen (secondary N) is 1. The number of carboxylic acid groups (broad SMARTS) is 1. The van der Waals surface area contributed by atoms with E-state index >= 15 is 0 Å². The molecule has 2 rings (SSSR count). The highest BCUT2D eigenvalue weighted by Gasteiger charge is 2.21. The van der Waals surface area contributed by atoms with Crippen LogP contribution in [0.3, 0.4) is 0 Å². The molecule has 4 nitrogen and oxygen atoms in total. The first-order chi connectivity index (χ1) is 8.27. The maximum Gasteiger partial charge on any atom is 0.314 e. The van der Waals surface area contributed by atoms with Gasteiger partial charge in [-0.15, -0.1) is 0 Å². The van der Waals surface area contributed by atoms with Crippen molar-refractivity contribution in [2.24, 2.45) is 0 Å². The van der Waals surface area contributed by atoms with E-state index < -0.39 is 11.9 Å². The highest BCUT2D eigenvalue weighted by Crippen LogP contribution is 2.18. The fourth-order valence-electron chi connectivity index (χ4n) is 1.80. The number of aryl methyl sites for hydroxylation is 1. The average molecular weight is 230 g/mol. The van der Waals surface area contributed by atoms with Gasteiger partial charge in [-0.25, -0.2) is 4.98 Å². The smallest absolute Gasteiger partial charge is 0.314 e. The Balaban J connectivity index is 2.03. The molecule has 2 N–H and O–H groups in total. The van der Waals surface area contributed by atoms with Gasteiger partial charge in [-0.1, -0.05) is 30.3 Å². The second-order valence-electron chi connectivity index (χ2n) is 3.89. The van der Waals surface area contributed by atoms with Gasteiger partial charge in [0, 0.05) is 12.4 Å². The topological polar surface area (TPSA) is 66.0 Å². The molecule has 1 atom stereocenters. The normalized spacial score (nSPS) is 12.2. The summed E-state index contributed by atoms with van der Waals surface area (Å²) in [5, 5.41) is 9.16. The molecule has 0 amide bonds. The summed E-state index contributed by atoms with van der Waals surface area (Å²) in [5.41, 5.74) is 1.14. The monoisotopic (exact) mass is 230 g/mol. The number of carbonyl (C=O) groups is 1. The van der Waals surface area contributed by atoms with Crippen molar-refractivity contribution in [1.82, 2.24) is 9.97 Å². The van der Waals surface area contributed by atoms with E-state index in [4.69, 9.17) is 5.11 Å². The summed E-state index contributed by atoms with van der Waals surface area (Å²) < 4.78 is 0. The van der Waals surface area contributed by atoms with Crippen LogP contribution in [0, 0.1) is 0 Å². The van der Waals surface area contributed by atoms with E-state index in [1.165, 1.54) is 0 Å². The van der Waals surface area contributed by atoms with E-state index in [-0.39, 0.29) is 0 Å². The summed E-state index contributed by atoms with van der Waals surface area (Å²) in [6.07, 6.45) is 4.51. The SMILES string of the molecule is O=C(O)C(CCc1ccccc1)c1ncc[nH]1. The summed E-state index contributed by atoms with van der Waals surface area (Å²) in [4.78, 5) is 18.0. The van der Waals surface area contributed by atoms with Gasteiger partial charge in [-0.05, 0) is 18.4 Å². The third-order valence-corrected chi connectivity index (χ3v) is 2.71. The largest absolute Gasteiger partial charge is 0.481 e. The summed E-state index contributed by atoms with van der Waals surface area (Å²) in [6, 6.07) is 9.86. The zero-order valence-electron chi connectivity index (χ0n) is 9.34. The molecule has 0 radical (unpaired) electrons. The van der Waals surface area contributed by atoms with Crippen LogP contribution >= 0.6 is 0 Å². The van der Waals surface area contributed by atoms with Crippen molar-refractivity contribution in [1.29, 1.82) is 0 Å². The predicted molar refractivity (Wildman–Crippen MR) is 63.7 cm³/mol. The third kappa shape index (κ3) is 2.93. The Morgan fingerprint density at radius 1 is 1.35 bits per heavy atom. The molecule has 0 aliphatic carbocycles. The molecule has 0 bridgehead atoms. The molecule has 17 heavy (non-hydrogen) atoms. The van der Waals surface area contributed by atoms with Crippen LogP contribution in [0.1, 0.15) is 23.7 Å². The maximum absolute atomic E-state index is 11.2. The van der Waals surface area contributed by atoms with Crippen molar-refractivity contribution < 1.29 is 9.90 Å². The Morgan fingerprint density at radius 2 is 2.12 bits per heavy atom. The molecular weight excluding hydrogens is 216 g/mol. The van der Waals surface area contributed by atoms with Crippen molar-refractivity contribution in [2.75, 3.05) is 0 Å². The van der Waals surface area contributed by atoms with Crippen LogP contribution in [-0.4, -0.2) is 21.0 Å². The summed E-state index contributed by atoms with van der Waals surface area (Å²) in [5.74, 6) is -0.880. The van der Waals surface area contributed by atoms with E-state index in [0.717, 1.165) is 12.0 Å². The highest BCUT2D eigenvalue weighted by molar-refractivity contribution is 5.74. The molecule has 1 heterocycles. The predicted octanol–water partition coefficient (Wildman–Crippen LogP) is 2.21. The first-order valence-corrected chi connectivity index (χ1v) is 5.53. The lowest BCUT2D eigenvalue weighted by Crippen LogP contribution is -2.14. The van der Waals surface area contributed by atoms with E-state index in [2.05, 4.69) is 9.97 Å². The average Bonchev–Trinajstić information content (AvgIpc) is 2.84. The fraction of sp³-hybridized carbons (Fsp3) is 0.231. The molecule has 0 saturated heterocycles. The van der Waals surface area contributed by atoms with Crippen LogP contribution < -0.4 is 0 Å². The van der Waals surface area contributed by atoms with E-state index in [0.29, 0.717) is 12.2 Å². The summed E-state index contributed by atoms with van der Waals surface area (Å²) >= 11 is 0. The quantitative estimate of drug-likeness (QED) is 0.827. The molecule has 0 spiro atoms. The number of hydrogen-bond donors (Lipinski definition) is 2. The van der Waals surface area contributed by atoms with Crippen molar-refractivity contribution >= 4 is 5.97 Å². The molecule has 0 fully saturated rings. The van der Waals surface area contributed by atoms with Gasteiger partial charge in [-0.3, -0.25) is 4.79 Å². The van der Waals surface area contributed by atoms with Crippen molar-refractivity contribution in [3.05, 3.63) is 54.1 Å². The van der Waals surface area contributed by atoms with Crippen LogP contribution in [-0.2, 0) is 11.2 Å². The molecule has 1 aromatic heterocycles. The van der Waals surface area contributed by atoms with E-state index in [1.807, 2.05) is 30.3 Å². The summed E-state index contributed by atoms with van der Waals surface area (Å²) in [6.45, 7) is 0. The van der Waals surface area contributed by atoms with Gasteiger partial charge in [0.15, 0.2) is 0 Å². The second-order valence-corrected chi connectivity index (χ2v) is 3.89. The van der Waals surface area contributed by atoms with Gasteiger partial charge in [0.1, 0.15) is 11.7 Å². The Bertz CT molecular complexity index is 465. The zero-order valence-corrected chi connectivity index (χ0v) is 9.34. The van der Waals surface area contributed by atoms with Gasteiger partial charge < -0.3 is 10.1 Å². The van der Waals surface area contributed by atoms with Gasteiger partial charge in [0.05, 0.1) is 0 Å². The van der Waals surface area contributed by atoms with Crippen molar-refractivity contribution in [2.45, 2.75) is 18.8 Å². The molecule has 0 aliphatic rings. The number of carboxylic acids is 1. The van der Waals surface area contributed by atoms with Crippen molar-refractivity contribution in [3.8, 4) is 0 Å². The lowest BCUT2D eigenvalue weighted by atomic mass is 9.99. The van der Waals surface area contributed by atoms with E-state index in [1.54, 1.807) is 12.4 Å². The number of aromatic amines is 1. The number of hydrogen-bond acceptors (Lipinski definition) is 2. The third-order valence-electron chi connectivity index (χ3n) is 2.71. The lowest BCUT2D eigenvalue weighted by molar-refractivity contribution is -0.139. The molecule has 0 saturated carbocycles. The Labute approximate surface area is 99.3 Å². The number of benzene rings is 1. The molecule has 4 heteroatoms. The Kier molecular flexibility index (Phi) is 3.55. The minimum Gasteiger partial charge on any atom is -0.481 e. The number of imidazole rings is 1. The zero-order chi connectivity index (χ0) is 12.1. The van der Waals surface area contributed by atoms with Crippen LogP contribution in [0.15, 0.2) is 42.7 Å². The molecule has 2 aromatic rings. The number of H-pyrrole nitrogens is 1. The number of nitrogens with zero attached hydrogens (tertiary/aromatic N) is 1. The fourth-order valence-corrected chi connectivity index (χ4v) is 1.80. The molecule has 88 valence electrons. The van der Waals surface area contributed by atoms with Crippen LogP contribution in [0.5, 0.6) is 0 Å². The van der Waals surface area contributed by atoms with Crippen LogP contribution in [0.4, 0.5) is 0 Å². The first-order valence-electron chi connectivity index (χ1n) is 5.53. The molecule has 1 unspecified atom stereocenters. The lowest BCUT2D eigenvalue weighted by Gasteiger charge is -2.09. The maximum atomic E-state index is 11.2. The highest BCUT2D eigenvalue weighted by atomic mass is 16.4. The number of aliphatic carboxylic acids is 1. The van der Waals surface area contributed by atoms with Gasteiger partial charge in [0.25, 0.3) is 0 Å². The molecule has 0 aliphatic heterocycles. The number of rotatable bonds is 5. The molecule has 1 aromatic carbocycles. The van der Waals surface area contributed by atoms with Gasteiger partial charge in [0.2, 0.25) is 0 Å². The standard InChI is InChI=1S/C13H14N2O2/c16-13(17)11(12-14-8-9-15-12)7-6-10-4-2-1-3-5-10/h1-5,8-9,11H,6-7H2,(H,14,15)(H,16,17). The Hall–Kier alpha value is -2.10. The second kappa shape index (κ2) is 5.30. The van der Waals surface area contributed by atoms with Gasteiger partial charge >= 0.3 is 5.97 Å². The Morgan fingerprint density at radius 3 is 2.71 bits per heavy atom. The number of aromatic nitrogens is 2. The van der Waals surface area contributed by atoms with E-state index in [9.17, 15) is 4.79 Å². The molecular formula is C13H14N2O2. The summed E-state index contributed by atoms with van der Waals surface area (Å²) in [7, 11) is 0. The minimum absolute atomic E-state index is 0.522. The first kappa shape index (κ1) is 11.4. The van der Waals surface area contributed by atoms with Crippen molar-refractivity contribution in [3.63, 3.8) is 0 Å². The minimum atomic E-state index is -0.837. The van der Waals surface area contributed by atoms with Gasteiger partial charge in [-0.2, -0.15) is 0 Å². The van der Waals surface area contributed by atoms with Crippen LogP contribution in [0.25, 0.3) is 0 Å².